The molecule has 1 N–H and O–H groups in total. The highest BCUT2D eigenvalue weighted by molar-refractivity contribution is 5.87. The van der Waals surface area contributed by atoms with E-state index in [0.29, 0.717) is 56.2 Å². The summed E-state index contributed by atoms with van der Waals surface area (Å²) in [6.45, 7) is 9.68. The van der Waals surface area contributed by atoms with Crippen LogP contribution >= 0.6 is 0 Å². The van der Waals surface area contributed by atoms with E-state index in [-0.39, 0.29) is 29.8 Å². The number of nitrogens with zero attached hydrogens (tertiary/aromatic N) is 4. The van der Waals surface area contributed by atoms with Crippen LogP contribution in [0.4, 0.5) is 0 Å². The molecule has 2 aliphatic rings. The first-order valence-corrected chi connectivity index (χ1v) is 15.9. The summed E-state index contributed by atoms with van der Waals surface area (Å²) >= 11 is 0. The molecule has 2 saturated heterocycles. The van der Waals surface area contributed by atoms with Crippen LogP contribution in [-0.2, 0) is 9.59 Å². The zero-order chi connectivity index (χ0) is 32.8. The molecular formula is C38H38N4O5. The number of rotatable bonds is 9. The number of hydrogen-bond donors (Lipinski definition) is 1. The Bertz CT molecular complexity index is 1760. The quantitative estimate of drug-likeness (QED) is 0.217. The van der Waals surface area contributed by atoms with Crippen LogP contribution < -0.4 is 9.47 Å². The van der Waals surface area contributed by atoms with Crippen LogP contribution in [0.5, 0.6) is 17.2 Å². The van der Waals surface area contributed by atoms with Crippen molar-refractivity contribution < 1.29 is 24.2 Å². The average molecular weight is 631 g/mol. The number of aromatic hydroxyl groups is 1. The van der Waals surface area contributed by atoms with E-state index >= 15 is 0 Å². The lowest BCUT2D eigenvalue weighted by atomic mass is 10.0. The molecule has 2 aliphatic heterocycles. The van der Waals surface area contributed by atoms with Gasteiger partial charge in [0.25, 0.3) is 0 Å². The van der Waals surface area contributed by atoms with Crippen molar-refractivity contribution >= 4 is 11.8 Å². The number of carbonyl (C=O) groups is 2. The van der Waals surface area contributed by atoms with Gasteiger partial charge < -0.3 is 24.4 Å². The topological polar surface area (TPSA) is 105 Å². The summed E-state index contributed by atoms with van der Waals surface area (Å²) < 4.78 is 12.9. The fraction of sp³-hybridized carbons (Fsp3) is 0.263. The van der Waals surface area contributed by atoms with Crippen molar-refractivity contribution in [2.45, 2.75) is 37.9 Å². The number of ether oxygens (including phenoxy) is 2. The van der Waals surface area contributed by atoms with Gasteiger partial charge >= 0.3 is 0 Å². The number of phenolic OH excluding ortho intramolecular Hbond substituents is 1. The highest BCUT2D eigenvalue weighted by atomic mass is 16.5. The molecular weight excluding hydrogens is 592 g/mol. The van der Waals surface area contributed by atoms with Crippen LogP contribution in [0.15, 0.2) is 104 Å². The number of hydrogen-bond acceptors (Lipinski definition) is 7. The summed E-state index contributed by atoms with van der Waals surface area (Å²) in [6, 6.07) is 24.7. The van der Waals surface area contributed by atoms with Crippen molar-refractivity contribution in [2.24, 2.45) is 0 Å². The first-order chi connectivity index (χ1) is 22.9. The number of carbonyl (C=O) groups excluding carboxylic acids is 2. The Morgan fingerprint density at radius 3 is 1.87 bits per heavy atom. The maximum atomic E-state index is 12.1. The highest BCUT2D eigenvalue weighted by Gasteiger charge is 2.25. The summed E-state index contributed by atoms with van der Waals surface area (Å²) in [7, 11) is 0. The van der Waals surface area contributed by atoms with Gasteiger partial charge in [0.2, 0.25) is 11.8 Å². The summed E-state index contributed by atoms with van der Waals surface area (Å²) in [6.07, 6.45) is 5.58. The molecule has 2 amide bonds. The number of amides is 2. The Labute approximate surface area is 274 Å². The van der Waals surface area contributed by atoms with Gasteiger partial charge in [-0.15, -0.1) is 10.2 Å². The van der Waals surface area contributed by atoms with Gasteiger partial charge in [-0.05, 0) is 71.8 Å². The monoisotopic (exact) mass is 630 g/mol. The molecule has 0 unspecified atom stereocenters. The summed E-state index contributed by atoms with van der Waals surface area (Å²) in [4.78, 5) is 27.6. The second kappa shape index (κ2) is 14.3. The third-order valence-corrected chi connectivity index (χ3v) is 8.68. The third kappa shape index (κ3) is 7.52. The molecule has 0 bridgehead atoms. The molecule has 0 spiro atoms. The van der Waals surface area contributed by atoms with Crippen LogP contribution in [0.1, 0.15) is 25.7 Å². The van der Waals surface area contributed by atoms with Crippen LogP contribution in [0, 0.1) is 0 Å². The first-order valence-electron chi connectivity index (χ1n) is 15.9. The second-order valence-corrected chi connectivity index (χ2v) is 11.8. The van der Waals surface area contributed by atoms with Gasteiger partial charge in [-0.3, -0.25) is 9.59 Å². The molecule has 0 saturated carbocycles. The third-order valence-electron chi connectivity index (χ3n) is 8.68. The van der Waals surface area contributed by atoms with Gasteiger partial charge in [-0.2, -0.15) is 0 Å². The van der Waals surface area contributed by atoms with E-state index in [0.717, 1.165) is 40.8 Å². The van der Waals surface area contributed by atoms with Gasteiger partial charge in [0.15, 0.2) is 0 Å². The number of aromatic nitrogens is 2. The minimum atomic E-state index is -0.0771. The summed E-state index contributed by atoms with van der Waals surface area (Å²) in [5, 5.41) is 19.2. The zero-order valence-corrected chi connectivity index (χ0v) is 26.3. The van der Waals surface area contributed by atoms with Crippen LogP contribution in [0.25, 0.3) is 33.6 Å². The van der Waals surface area contributed by atoms with Gasteiger partial charge in [0, 0.05) is 63.0 Å². The molecule has 47 heavy (non-hydrogen) atoms. The summed E-state index contributed by atoms with van der Waals surface area (Å²) in [5.74, 6) is 1.50. The molecule has 2 fully saturated rings. The van der Waals surface area contributed by atoms with Crippen molar-refractivity contribution in [3.8, 4) is 50.9 Å². The molecule has 3 heterocycles. The first kappa shape index (κ1) is 31.5. The highest BCUT2D eigenvalue weighted by Crippen LogP contribution is 2.36. The average Bonchev–Trinajstić information content (AvgIpc) is 3.12. The zero-order valence-electron chi connectivity index (χ0n) is 26.3. The molecule has 3 aromatic carbocycles. The molecule has 1 aromatic heterocycles. The van der Waals surface area contributed by atoms with Gasteiger partial charge in [-0.25, -0.2) is 0 Å². The predicted molar refractivity (Wildman–Crippen MR) is 181 cm³/mol. The smallest absolute Gasteiger partial charge is 0.245 e. The second-order valence-electron chi connectivity index (χ2n) is 11.8. The maximum Gasteiger partial charge on any atom is 0.245 e. The fourth-order valence-corrected chi connectivity index (χ4v) is 6.07. The molecule has 0 radical (unpaired) electrons. The van der Waals surface area contributed by atoms with Crippen molar-refractivity contribution in [2.75, 3.05) is 26.2 Å². The van der Waals surface area contributed by atoms with E-state index in [4.69, 9.17) is 9.47 Å². The van der Waals surface area contributed by atoms with Gasteiger partial charge in [0.1, 0.15) is 29.5 Å². The largest absolute Gasteiger partial charge is 0.508 e. The van der Waals surface area contributed by atoms with Gasteiger partial charge in [0.05, 0.1) is 11.4 Å². The Morgan fingerprint density at radius 1 is 0.681 bits per heavy atom. The SMILES string of the molecule is C=CC(=O)N1CCC(Oc2cccc(-c3ccc(-c4ccc(-c5cccc(O)c5)cc4OC4CCN(C(=O)C=C)CC4)nn3)c2)CC1. The lowest BCUT2D eigenvalue weighted by Gasteiger charge is -2.32. The molecule has 4 aromatic rings. The van der Waals surface area contributed by atoms with Crippen molar-refractivity contribution in [1.82, 2.24) is 20.0 Å². The molecule has 6 rings (SSSR count). The van der Waals surface area contributed by atoms with E-state index in [9.17, 15) is 14.7 Å². The van der Waals surface area contributed by atoms with E-state index in [1.807, 2.05) is 66.7 Å². The predicted octanol–water partition coefficient (Wildman–Crippen LogP) is 6.29. The standard InChI is InChI=1S/C38H38N4O5/c1-3-37(44)41-19-15-30(16-20-41)46-32-10-6-8-28(24-32)34-13-14-35(40-39-34)33-12-11-27(26-7-5-9-29(43)23-26)25-36(33)47-31-17-21-42(22-18-31)38(45)4-2/h3-14,23-25,30-31,43H,1-2,15-22H2. The molecule has 9 heteroatoms. The lowest BCUT2D eigenvalue weighted by Crippen LogP contribution is -2.41. The van der Waals surface area contributed by atoms with E-state index in [1.165, 1.54) is 12.2 Å². The fourth-order valence-electron chi connectivity index (χ4n) is 6.07. The summed E-state index contributed by atoms with van der Waals surface area (Å²) in [5.41, 5.74) is 4.83. The van der Waals surface area contributed by atoms with E-state index in [1.54, 1.807) is 21.9 Å². The Kier molecular flexibility index (Phi) is 9.61. The normalized spacial score (nSPS) is 15.6. The van der Waals surface area contributed by atoms with E-state index in [2.05, 4.69) is 23.4 Å². The molecule has 0 atom stereocenters. The molecule has 0 aliphatic carbocycles. The number of piperidine rings is 2. The number of likely N-dealkylation sites (tertiary alicyclic amines) is 2. The molecule has 9 nitrogen and oxygen atoms in total. The molecule has 240 valence electrons. The van der Waals surface area contributed by atoms with Crippen LogP contribution in [-0.4, -0.2) is 75.3 Å². The van der Waals surface area contributed by atoms with Gasteiger partial charge in [-0.1, -0.05) is 43.5 Å². The minimum Gasteiger partial charge on any atom is -0.508 e. The lowest BCUT2D eigenvalue weighted by molar-refractivity contribution is -0.128. The van der Waals surface area contributed by atoms with Crippen LogP contribution in [0.2, 0.25) is 0 Å². The number of benzene rings is 3. The van der Waals surface area contributed by atoms with Crippen molar-refractivity contribution in [1.29, 1.82) is 0 Å². The Morgan fingerprint density at radius 2 is 1.26 bits per heavy atom. The van der Waals surface area contributed by atoms with Crippen LogP contribution in [0.3, 0.4) is 0 Å². The Hall–Kier alpha value is -5.44. The number of phenols is 1. The van der Waals surface area contributed by atoms with E-state index < -0.39 is 0 Å². The maximum absolute atomic E-state index is 12.1. The van der Waals surface area contributed by atoms with Crippen molar-refractivity contribution in [3.63, 3.8) is 0 Å². The Balaban J connectivity index is 1.20. The van der Waals surface area contributed by atoms with Crippen molar-refractivity contribution in [3.05, 3.63) is 104 Å². The minimum absolute atomic E-state index is 0.0310.